The molecule has 0 atom stereocenters. The molecule has 0 spiro atoms. The minimum absolute atomic E-state index is 0.0734. The van der Waals surface area contributed by atoms with Crippen molar-refractivity contribution in [3.8, 4) is 28.7 Å². The van der Waals surface area contributed by atoms with Crippen LogP contribution in [0, 0.1) is 6.92 Å². The lowest BCUT2D eigenvalue weighted by Gasteiger charge is -2.06. The highest BCUT2D eigenvalue weighted by Crippen LogP contribution is 2.35. The minimum Gasteiger partial charge on any atom is -0.464 e. The summed E-state index contributed by atoms with van der Waals surface area (Å²) in [6, 6.07) is 14.8. The molecule has 0 unspecified atom stereocenters. The Kier molecular flexibility index (Phi) is 5.21. The van der Waals surface area contributed by atoms with E-state index in [0.717, 1.165) is 11.1 Å². The van der Waals surface area contributed by atoms with E-state index in [2.05, 4.69) is 31.2 Å². The average molecular weight is 474 g/mol. The van der Waals surface area contributed by atoms with Gasteiger partial charge in [-0.25, -0.2) is 9.48 Å². The largest absolute Gasteiger partial charge is 0.464 e. The van der Waals surface area contributed by atoms with Crippen LogP contribution in [0.5, 0.6) is 0 Å². The molecule has 0 saturated heterocycles. The first-order chi connectivity index (χ1) is 14.0. The van der Waals surface area contributed by atoms with Gasteiger partial charge in [0.2, 0.25) is 5.82 Å². The molecule has 0 amide bonds. The average Bonchev–Trinajstić information content (AvgIpc) is 3.32. The smallest absolute Gasteiger partial charge is 0.359 e. The molecule has 29 heavy (non-hydrogen) atoms. The van der Waals surface area contributed by atoms with Gasteiger partial charge in [0, 0.05) is 5.56 Å². The van der Waals surface area contributed by atoms with Crippen molar-refractivity contribution >= 4 is 33.5 Å². The van der Waals surface area contributed by atoms with E-state index in [4.69, 9.17) is 20.9 Å². The predicted octanol–water partition coefficient (Wildman–Crippen LogP) is 5.10. The van der Waals surface area contributed by atoms with Gasteiger partial charge in [-0.1, -0.05) is 46.6 Å². The number of methoxy groups -OCH3 is 1. The Labute approximate surface area is 179 Å². The highest BCUT2D eigenvalue weighted by atomic mass is 79.9. The first-order valence-corrected chi connectivity index (χ1v) is 9.69. The Morgan fingerprint density at radius 3 is 2.72 bits per heavy atom. The number of esters is 1. The summed E-state index contributed by atoms with van der Waals surface area (Å²) in [5.41, 5.74) is 2.90. The summed E-state index contributed by atoms with van der Waals surface area (Å²) in [4.78, 5) is 16.7. The number of para-hydroxylation sites is 1. The minimum atomic E-state index is -0.605. The van der Waals surface area contributed by atoms with Crippen molar-refractivity contribution in [3.63, 3.8) is 0 Å². The Morgan fingerprint density at radius 1 is 1.21 bits per heavy atom. The SMILES string of the molecule is COC(=O)c1nn(-c2ccccc2Cl)c(-c2noc(-c3cccc(C)c3)n2)c1Br. The van der Waals surface area contributed by atoms with Crippen LogP contribution in [0.15, 0.2) is 57.5 Å². The van der Waals surface area contributed by atoms with E-state index in [1.807, 2.05) is 37.3 Å². The topological polar surface area (TPSA) is 83.0 Å². The molecule has 0 fully saturated rings. The zero-order valence-electron chi connectivity index (χ0n) is 15.4. The van der Waals surface area contributed by atoms with E-state index >= 15 is 0 Å². The van der Waals surface area contributed by atoms with Gasteiger partial charge in [-0.2, -0.15) is 10.1 Å². The summed E-state index contributed by atoms with van der Waals surface area (Å²) in [6.45, 7) is 1.98. The maximum absolute atomic E-state index is 12.2. The maximum Gasteiger partial charge on any atom is 0.359 e. The number of carbonyl (C=O) groups is 1. The number of hydrogen-bond donors (Lipinski definition) is 0. The molecule has 0 saturated carbocycles. The Bertz CT molecular complexity index is 1220. The molecule has 9 heteroatoms. The molecule has 0 aliphatic heterocycles. The Balaban J connectivity index is 1.90. The third-order valence-electron chi connectivity index (χ3n) is 4.19. The number of benzene rings is 2. The third-order valence-corrected chi connectivity index (χ3v) is 5.26. The van der Waals surface area contributed by atoms with Crippen LogP contribution in [-0.4, -0.2) is 33.0 Å². The fourth-order valence-corrected chi connectivity index (χ4v) is 3.63. The molecule has 2 aromatic heterocycles. The fourth-order valence-electron chi connectivity index (χ4n) is 2.83. The number of aryl methyl sites for hydroxylation is 1. The van der Waals surface area contributed by atoms with Gasteiger partial charge in [0.1, 0.15) is 5.69 Å². The standard InChI is InChI=1S/C20H14BrClN4O3/c1-11-6-5-7-12(10-11)19-23-18(25-29-19)17-15(21)16(20(27)28-2)24-26(17)14-9-4-3-8-13(14)22/h3-10H,1-2H3. The van der Waals surface area contributed by atoms with Crippen LogP contribution in [0.25, 0.3) is 28.7 Å². The van der Waals surface area contributed by atoms with Crippen molar-refractivity contribution < 1.29 is 14.1 Å². The molecule has 2 aromatic carbocycles. The summed E-state index contributed by atoms with van der Waals surface area (Å²) in [5.74, 6) is -0.00980. The molecule has 4 rings (SSSR count). The number of ether oxygens (including phenoxy) is 1. The second-order valence-electron chi connectivity index (χ2n) is 6.16. The Hall–Kier alpha value is -2.97. The Morgan fingerprint density at radius 2 is 2.00 bits per heavy atom. The van der Waals surface area contributed by atoms with Gasteiger partial charge in [-0.3, -0.25) is 0 Å². The van der Waals surface area contributed by atoms with Crippen LogP contribution in [0.4, 0.5) is 0 Å². The lowest BCUT2D eigenvalue weighted by Crippen LogP contribution is -2.05. The number of rotatable bonds is 4. The van der Waals surface area contributed by atoms with Crippen molar-refractivity contribution in [2.45, 2.75) is 6.92 Å². The van der Waals surface area contributed by atoms with E-state index in [0.29, 0.717) is 26.8 Å². The van der Waals surface area contributed by atoms with Gasteiger partial charge in [-0.05, 0) is 47.1 Å². The maximum atomic E-state index is 12.2. The lowest BCUT2D eigenvalue weighted by molar-refractivity contribution is 0.0592. The van der Waals surface area contributed by atoms with E-state index in [9.17, 15) is 4.79 Å². The first kappa shape index (κ1) is 19.4. The highest BCUT2D eigenvalue weighted by Gasteiger charge is 2.27. The first-order valence-electron chi connectivity index (χ1n) is 8.52. The van der Waals surface area contributed by atoms with Gasteiger partial charge in [0.25, 0.3) is 5.89 Å². The molecule has 0 N–H and O–H groups in total. The summed E-state index contributed by atoms with van der Waals surface area (Å²) in [7, 11) is 1.28. The number of halogens is 2. The summed E-state index contributed by atoms with van der Waals surface area (Å²) < 4.78 is 12.2. The van der Waals surface area contributed by atoms with Crippen LogP contribution in [0.3, 0.4) is 0 Å². The van der Waals surface area contributed by atoms with E-state index in [-0.39, 0.29) is 11.5 Å². The quantitative estimate of drug-likeness (QED) is 0.384. The van der Waals surface area contributed by atoms with Crippen molar-refractivity contribution in [2.75, 3.05) is 7.11 Å². The zero-order valence-corrected chi connectivity index (χ0v) is 17.7. The van der Waals surface area contributed by atoms with Gasteiger partial charge >= 0.3 is 5.97 Å². The molecule has 0 bridgehead atoms. The number of nitrogens with zero attached hydrogens (tertiary/aromatic N) is 4. The molecule has 0 aliphatic carbocycles. The van der Waals surface area contributed by atoms with Crippen LogP contribution in [-0.2, 0) is 4.74 Å². The summed E-state index contributed by atoms with van der Waals surface area (Å²) in [5, 5.41) is 8.92. The monoisotopic (exact) mass is 472 g/mol. The van der Waals surface area contributed by atoms with Crippen LogP contribution in [0.1, 0.15) is 16.1 Å². The van der Waals surface area contributed by atoms with Crippen LogP contribution >= 0.6 is 27.5 Å². The molecular weight excluding hydrogens is 460 g/mol. The van der Waals surface area contributed by atoms with Crippen molar-refractivity contribution in [2.24, 2.45) is 0 Å². The third kappa shape index (κ3) is 3.56. The number of aromatic nitrogens is 4. The molecule has 2 heterocycles. The van der Waals surface area contributed by atoms with Gasteiger partial charge in [0.15, 0.2) is 5.69 Å². The molecule has 0 radical (unpaired) electrons. The molecular formula is C20H14BrClN4O3. The van der Waals surface area contributed by atoms with Crippen molar-refractivity contribution in [3.05, 3.63) is 69.3 Å². The molecule has 146 valence electrons. The van der Waals surface area contributed by atoms with Crippen molar-refractivity contribution in [1.29, 1.82) is 0 Å². The highest BCUT2D eigenvalue weighted by molar-refractivity contribution is 9.10. The second kappa shape index (κ2) is 7.81. The summed E-state index contributed by atoms with van der Waals surface area (Å²) >= 11 is 9.79. The predicted molar refractivity (Wildman–Crippen MR) is 111 cm³/mol. The molecule has 7 nitrogen and oxygen atoms in total. The number of hydrogen-bond acceptors (Lipinski definition) is 6. The van der Waals surface area contributed by atoms with Gasteiger partial charge in [0.05, 0.1) is 22.3 Å². The summed E-state index contributed by atoms with van der Waals surface area (Å²) in [6.07, 6.45) is 0. The molecule has 4 aromatic rings. The van der Waals surface area contributed by atoms with Gasteiger partial charge in [-0.15, -0.1) is 0 Å². The normalized spacial score (nSPS) is 10.9. The lowest BCUT2D eigenvalue weighted by atomic mass is 10.1. The van der Waals surface area contributed by atoms with Gasteiger partial charge < -0.3 is 9.26 Å². The van der Waals surface area contributed by atoms with E-state index in [1.165, 1.54) is 11.8 Å². The zero-order chi connectivity index (χ0) is 20.5. The second-order valence-corrected chi connectivity index (χ2v) is 7.36. The van der Waals surface area contributed by atoms with Crippen molar-refractivity contribution in [1.82, 2.24) is 19.9 Å². The number of carbonyl (C=O) groups excluding carboxylic acids is 1. The van der Waals surface area contributed by atoms with E-state index in [1.54, 1.807) is 18.2 Å². The van der Waals surface area contributed by atoms with E-state index < -0.39 is 5.97 Å². The van der Waals surface area contributed by atoms with Crippen LogP contribution < -0.4 is 0 Å². The fraction of sp³-hybridized carbons (Fsp3) is 0.100. The van der Waals surface area contributed by atoms with Crippen LogP contribution in [0.2, 0.25) is 5.02 Å². The molecule has 0 aliphatic rings.